The normalized spacial score (nSPS) is 11.7. The molecular weight excluding hydrogens is 222 g/mol. The third-order valence-corrected chi connectivity index (χ3v) is 3.23. The van der Waals surface area contributed by atoms with E-state index in [1.807, 2.05) is 45.9 Å². The Morgan fingerprint density at radius 3 is 1.61 bits per heavy atom. The van der Waals surface area contributed by atoms with Crippen molar-refractivity contribution in [2.75, 3.05) is 0 Å². The molecule has 0 saturated heterocycles. The van der Waals surface area contributed by atoms with E-state index < -0.39 is 10.8 Å². The van der Waals surface area contributed by atoms with Crippen LogP contribution in [0, 0.1) is 22.7 Å². The van der Waals surface area contributed by atoms with Gasteiger partial charge in [-0.3, -0.25) is 0 Å². The molecule has 94 valence electrons. The molecule has 0 fully saturated rings. The minimum Gasteiger partial charge on any atom is -0.326 e. The summed E-state index contributed by atoms with van der Waals surface area (Å²) in [4.78, 5) is 0. The molecule has 0 amide bonds. The molecule has 0 radical (unpaired) electrons. The minimum atomic E-state index is -0.578. The van der Waals surface area contributed by atoms with E-state index >= 15 is 0 Å². The smallest absolute Gasteiger partial charge is 0.0766 e. The number of nitrogens with zero attached hydrogens (tertiary/aromatic N) is 2. The molecule has 0 spiro atoms. The summed E-state index contributed by atoms with van der Waals surface area (Å²) in [6, 6.07) is 10.4. The summed E-state index contributed by atoms with van der Waals surface area (Å²) in [5, 5.41) is 18.4. The molecule has 0 heterocycles. The monoisotopic (exact) mass is 241 g/mol. The van der Waals surface area contributed by atoms with Crippen LogP contribution < -0.4 is 5.73 Å². The van der Waals surface area contributed by atoms with Crippen molar-refractivity contribution in [3.8, 4) is 12.1 Å². The molecule has 0 unspecified atom stereocenters. The summed E-state index contributed by atoms with van der Waals surface area (Å²) in [5.41, 5.74) is 7.31. The summed E-state index contributed by atoms with van der Waals surface area (Å²) in [7, 11) is 0. The van der Waals surface area contributed by atoms with Gasteiger partial charge in [0.2, 0.25) is 0 Å². The van der Waals surface area contributed by atoms with Gasteiger partial charge < -0.3 is 5.73 Å². The van der Waals surface area contributed by atoms with Crippen molar-refractivity contribution in [1.82, 2.24) is 0 Å². The Morgan fingerprint density at radius 2 is 1.33 bits per heavy atom. The van der Waals surface area contributed by atoms with Crippen molar-refractivity contribution in [1.29, 1.82) is 10.5 Å². The average molecular weight is 241 g/mol. The highest BCUT2D eigenvalue weighted by Crippen LogP contribution is 2.30. The number of benzene rings is 1. The quantitative estimate of drug-likeness (QED) is 0.884. The first-order chi connectivity index (χ1) is 8.26. The number of nitrogens with two attached hydrogens (primary N) is 1. The zero-order valence-electron chi connectivity index (χ0n) is 11.4. The van der Waals surface area contributed by atoms with Gasteiger partial charge in [-0.25, -0.2) is 0 Å². The Hall–Kier alpha value is -1.84. The third-order valence-electron chi connectivity index (χ3n) is 3.23. The summed E-state index contributed by atoms with van der Waals surface area (Å²) < 4.78 is 0. The average Bonchev–Trinajstić information content (AvgIpc) is 2.38. The van der Waals surface area contributed by atoms with Crippen LogP contribution >= 0.6 is 0 Å². The maximum Gasteiger partial charge on any atom is 0.0766 e. The predicted molar refractivity (Wildman–Crippen MR) is 71.6 cm³/mol. The third kappa shape index (κ3) is 2.70. The van der Waals surface area contributed by atoms with Gasteiger partial charge in [0.15, 0.2) is 0 Å². The van der Waals surface area contributed by atoms with Gasteiger partial charge >= 0.3 is 0 Å². The lowest BCUT2D eigenvalue weighted by Gasteiger charge is -2.22. The Morgan fingerprint density at radius 1 is 0.944 bits per heavy atom. The van der Waals surface area contributed by atoms with E-state index in [0.717, 1.165) is 16.7 Å². The molecule has 1 aromatic carbocycles. The second-order valence-corrected chi connectivity index (χ2v) is 5.60. The largest absolute Gasteiger partial charge is 0.326 e. The fourth-order valence-corrected chi connectivity index (χ4v) is 1.66. The van der Waals surface area contributed by atoms with E-state index in [2.05, 4.69) is 12.1 Å². The van der Waals surface area contributed by atoms with Gasteiger partial charge in [-0.05, 0) is 44.4 Å². The Balaban J connectivity index is 3.47. The van der Waals surface area contributed by atoms with E-state index in [-0.39, 0.29) is 0 Å². The maximum atomic E-state index is 9.22. The van der Waals surface area contributed by atoms with Crippen molar-refractivity contribution in [2.45, 2.75) is 45.1 Å². The molecule has 0 atom stereocenters. The molecule has 0 saturated carbocycles. The van der Waals surface area contributed by atoms with Crippen LogP contribution in [0.4, 0.5) is 0 Å². The van der Waals surface area contributed by atoms with Gasteiger partial charge in [-0.2, -0.15) is 10.5 Å². The molecule has 3 heteroatoms. The van der Waals surface area contributed by atoms with Crippen LogP contribution in [0.25, 0.3) is 0 Å². The lowest BCUT2D eigenvalue weighted by atomic mass is 9.79. The molecule has 1 rings (SSSR count). The van der Waals surface area contributed by atoms with Gasteiger partial charge in [0, 0.05) is 6.54 Å². The standard InChI is InChI=1S/C15H19N3/c1-14(2,9-17)12-5-11(8-16)6-13(7-12)15(3,4)10-18/h5-7H,8,16H2,1-4H3. The van der Waals surface area contributed by atoms with Crippen LogP contribution in [0.2, 0.25) is 0 Å². The number of hydrogen-bond donors (Lipinski definition) is 1. The van der Waals surface area contributed by atoms with Crippen molar-refractivity contribution in [2.24, 2.45) is 5.73 Å². The van der Waals surface area contributed by atoms with E-state index in [1.165, 1.54) is 0 Å². The Kier molecular flexibility index (Phi) is 3.79. The molecule has 0 aliphatic carbocycles. The molecule has 0 aromatic heterocycles. The van der Waals surface area contributed by atoms with Crippen molar-refractivity contribution in [3.05, 3.63) is 34.9 Å². The SMILES string of the molecule is CC(C)(C#N)c1cc(CN)cc(C(C)(C)C#N)c1. The van der Waals surface area contributed by atoms with Crippen molar-refractivity contribution >= 4 is 0 Å². The lowest BCUT2D eigenvalue weighted by Crippen LogP contribution is -2.19. The number of rotatable bonds is 3. The zero-order chi connectivity index (χ0) is 14.0. The molecule has 1 aromatic rings. The van der Waals surface area contributed by atoms with Crippen molar-refractivity contribution < 1.29 is 0 Å². The van der Waals surface area contributed by atoms with Crippen LogP contribution in [0.3, 0.4) is 0 Å². The highest BCUT2D eigenvalue weighted by molar-refractivity contribution is 5.42. The summed E-state index contributed by atoms with van der Waals surface area (Å²) in [5.74, 6) is 0. The van der Waals surface area contributed by atoms with Crippen LogP contribution in [-0.2, 0) is 17.4 Å². The summed E-state index contributed by atoms with van der Waals surface area (Å²) in [6.45, 7) is 7.87. The maximum absolute atomic E-state index is 9.22. The van der Waals surface area contributed by atoms with E-state index in [1.54, 1.807) is 0 Å². The van der Waals surface area contributed by atoms with E-state index in [4.69, 9.17) is 5.73 Å². The molecule has 0 bridgehead atoms. The molecule has 0 aliphatic rings. The van der Waals surface area contributed by atoms with Crippen LogP contribution in [-0.4, -0.2) is 0 Å². The molecular formula is C15H19N3. The first-order valence-electron chi connectivity index (χ1n) is 5.94. The number of nitriles is 2. The Labute approximate surface area is 109 Å². The fourth-order valence-electron chi connectivity index (χ4n) is 1.66. The van der Waals surface area contributed by atoms with E-state index in [9.17, 15) is 10.5 Å². The van der Waals surface area contributed by atoms with Crippen LogP contribution in [0.5, 0.6) is 0 Å². The number of hydrogen-bond acceptors (Lipinski definition) is 3. The Bertz CT molecular complexity index is 483. The van der Waals surface area contributed by atoms with E-state index in [0.29, 0.717) is 6.54 Å². The first-order valence-corrected chi connectivity index (χ1v) is 5.94. The highest BCUT2D eigenvalue weighted by Gasteiger charge is 2.25. The highest BCUT2D eigenvalue weighted by atomic mass is 14.5. The van der Waals surface area contributed by atoms with Crippen molar-refractivity contribution in [3.63, 3.8) is 0 Å². The topological polar surface area (TPSA) is 73.6 Å². The molecule has 18 heavy (non-hydrogen) atoms. The minimum absolute atomic E-state index is 0.407. The van der Waals surface area contributed by atoms with Crippen LogP contribution in [0.15, 0.2) is 18.2 Å². The first kappa shape index (κ1) is 14.2. The molecule has 3 nitrogen and oxygen atoms in total. The van der Waals surface area contributed by atoms with Gasteiger partial charge in [-0.15, -0.1) is 0 Å². The lowest BCUT2D eigenvalue weighted by molar-refractivity contribution is 0.658. The van der Waals surface area contributed by atoms with Crippen LogP contribution in [0.1, 0.15) is 44.4 Å². The van der Waals surface area contributed by atoms with Gasteiger partial charge in [0.25, 0.3) is 0 Å². The molecule has 0 aliphatic heterocycles. The second kappa shape index (κ2) is 4.80. The van der Waals surface area contributed by atoms with Gasteiger partial charge in [0.1, 0.15) is 0 Å². The van der Waals surface area contributed by atoms with Gasteiger partial charge in [0.05, 0.1) is 23.0 Å². The van der Waals surface area contributed by atoms with Gasteiger partial charge in [-0.1, -0.05) is 18.2 Å². The fraction of sp³-hybridized carbons (Fsp3) is 0.467. The summed E-state index contributed by atoms with van der Waals surface area (Å²) >= 11 is 0. The molecule has 2 N–H and O–H groups in total. The zero-order valence-corrected chi connectivity index (χ0v) is 11.4. The summed E-state index contributed by atoms with van der Waals surface area (Å²) in [6.07, 6.45) is 0. The predicted octanol–water partition coefficient (Wildman–Crippen LogP) is 2.75. The second-order valence-electron chi connectivity index (χ2n) is 5.60.